The second kappa shape index (κ2) is 4.40. The Morgan fingerprint density at radius 3 is 2.62 bits per heavy atom. The van der Waals surface area contributed by atoms with Gasteiger partial charge in [0, 0.05) is 25.7 Å². The fourth-order valence-electron chi connectivity index (χ4n) is 2.04. The lowest BCUT2D eigenvalue weighted by atomic mass is 10.1. The van der Waals surface area contributed by atoms with Gasteiger partial charge in [0.25, 0.3) is 0 Å². The predicted molar refractivity (Wildman–Crippen MR) is 52.8 cm³/mol. The second-order valence-corrected chi connectivity index (χ2v) is 4.15. The van der Waals surface area contributed by atoms with Crippen LogP contribution < -0.4 is 5.32 Å². The van der Waals surface area contributed by atoms with Gasteiger partial charge in [-0.05, 0) is 25.8 Å². The SMILES string of the molecule is CNC(CN1CCOCC1)C1CC1. The molecule has 1 saturated heterocycles. The van der Waals surface area contributed by atoms with Crippen molar-refractivity contribution in [2.45, 2.75) is 18.9 Å². The summed E-state index contributed by atoms with van der Waals surface area (Å²) < 4.78 is 5.33. The van der Waals surface area contributed by atoms with Gasteiger partial charge in [0.15, 0.2) is 0 Å². The van der Waals surface area contributed by atoms with Crippen LogP contribution in [0.1, 0.15) is 12.8 Å². The second-order valence-electron chi connectivity index (χ2n) is 4.15. The first-order valence-electron chi connectivity index (χ1n) is 5.37. The summed E-state index contributed by atoms with van der Waals surface area (Å²) in [5.41, 5.74) is 0. The van der Waals surface area contributed by atoms with E-state index in [0.717, 1.165) is 38.3 Å². The van der Waals surface area contributed by atoms with Crippen molar-refractivity contribution in [1.29, 1.82) is 0 Å². The highest BCUT2D eigenvalue weighted by atomic mass is 16.5. The van der Waals surface area contributed by atoms with Crippen molar-refractivity contribution in [3.63, 3.8) is 0 Å². The standard InChI is InChI=1S/C10H20N2O/c1-11-10(9-2-3-9)8-12-4-6-13-7-5-12/h9-11H,2-8H2,1H3. The van der Waals surface area contributed by atoms with E-state index in [4.69, 9.17) is 4.74 Å². The maximum atomic E-state index is 5.33. The molecule has 1 N–H and O–H groups in total. The Hall–Kier alpha value is -0.120. The Morgan fingerprint density at radius 1 is 1.38 bits per heavy atom. The quantitative estimate of drug-likeness (QED) is 0.681. The van der Waals surface area contributed by atoms with Crippen molar-refractivity contribution in [3.8, 4) is 0 Å². The Kier molecular flexibility index (Phi) is 3.19. The number of morpholine rings is 1. The van der Waals surface area contributed by atoms with Gasteiger partial charge in [0.1, 0.15) is 0 Å². The largest absolute Gasteiger partial charge is 0.379 e. The van der Waals surface area contributed by atoms with Gasteiger partial charge in [-0.3, -0.25) is 4.90 Å². The highest BCUT2D eigenvalue weighted by Crippen LogP contribution is 2.32. The maximum Gasteiger partial charge on any atom is 0.0594 e. The lowest BCUT2D eigenvalue weighted by Crippen LogP contribution is -2.45. The Bertz CT molecular complexity index is 153. The van der Waals surface area contributed by atoms with E-state index in [1.54, 1.807) is 0 Å². The summed E-state index contributed by atoms with van der Waals surface area (Å²) in [5, 5.41) is 3.43. The zero-order chi connectivity index (χ0) is 9.10. The Morgan fingerprint density at radius 2 is 2.08 bits per heavy atom. The molecule has 3 heteroatoms. The van der Waals surface area contributed by atoms with Crippen LogP contribution in [0.2, 0.25) is 0 Å². The summed E-state index contributed by atoms with van der Waals surface area (Å²) in [5.74, 6) is 0.952. The van der Waals surface area contributed by atoms with Crippen LogP contribution in [-0.2, 0) is 4.74 Å². The molecule has 2 aliphatic rings. The summed E-state index contributed by atoms with van der Waals surface area (Å²) in [6.45, 7) is 5.28. The minimum atomic E-state index is 0.720. The van der Waals surface area contributed by atoms with Crippen LogP contribution in [0.5, 0.6) is 0 Å². The molecule has 1 heterocycles. The van der Waals surface area contributed by atoms with Gasteiger partial charge in [-0.2, -0.15) is 0 Å². The molecule has 1 aliphatic heterocycles. The summed E-state index contributed by atoms with van der Waals surface area (Å²) in [4.78, 5) is 2.52. The number of nitrogens with one attached hydrogen (secondary N) is 1. The van der Waals surface area contributed by atoms with Crippen molar-refractivity contribution < 1.29 is 4.74 Å². The molecule has 0 bridgehead atoms. The van der Waals surface area contributed by atoms with E-state index >= 15 is 0 Å². The maximum absolute atomic E-state index is 5.33. The van der Waals surface area contributed by atoms with Crippen LogP contribution in [0.4, 0.5) is 0 Å². The van der Waals surface area contributed by atoms with E-state index in [-0.39, 0.29) is 0 Å². The van der Waals surface area contributed by atoms with Crippen molar-refractivity contribution >= 4 is 0 Å². The number of rotatable bonds is 4. The molecular formula is C10H20N2O. The minimum Gasteiger partial charge on any atom is -0.379 e. The lowest BCUT2D eigenvalue weighted by molar-refractivity contribution is 0.0328. The first-order chi connectivity index (χ1) is 6.40. The number of likely N-dealkylation sites (N-methyl/N-ethyl adjacent to an activating group) is 1. The normalized spacial score (nSPS) is 27.5. The zero-order valence-electron chi connectivity index (χ0n) is 8.46. The minimum absolute atomic E-state index is 0.720. The topological polar surface area (TPSA) is 24.5 Å². The summed E-state index contributed by atoms with van der Waals surface area (Å²) >= 11 is 0. The highest BCUT2D eigenvalue weighted by Gasteiger charge is 2.31. The average Bonchev–Trinajstić information content (AvgIpc) is 2.99. The Balaban J connectivity index is 1.73. The number of hydrogen-bond acceptors (Lipinski definition) is 3. The third-order valence-corrected chi connectivity index (χ3v) is 3.12. The first kappa shape index (κ1) is 9.44. The fourth-order valence-corrected chi connectivity index (χ4v) is 2.04. The molecule has 0 aromatic carbocycles. The molecule has 3 nitrogen and oxygen atoms in total. The van der Waals surface area contributed by atoms with Crippen LogP contribution >= 0.6 is 0 Å². The van der Waals surface area contributed by atoms with Crippen molar-refractivity contribution in [2.75, 3.05) is 39.9 Å². The van der Waals surface area contributed by atoms with E-state index < -0.39 is 0 Å². The van der Waals surface area contributed by atoms with Crippen LogP contribution in [0.3, 0.4) is 0 Å². The van der Waals surface area contributed by atoms with E-state index in [0.29, 0.717) is 0 Å². The lowest BCUT2D eigenvalue weighted by Gasteiger charge is -2.30. The van der Waals surface area contributed by atoms with Gasteiger partial charge in [-0.25, -0.2) is 0 Å². The van der Waals surface area contributed by atoms with Gasteiger partial charge in [0.05, 0.1) is 13.2 Å². The fraction of sp³-hybridized carbons (Fsp3) is 1.00. The number of hydrogen-bond donors (Lipinski definition) is 1. The molecule has 1 unspecified atom stereocenters. The van der Waals surface area contributed by atoms with E-state index in [1.165, 1.54) is 19.4 Å². The molecule has 13 heavy (non-hydrogen) atoms. The van der Waals surface area contributed by atoms with Crippen molar-refractivity contribution in [2.24, 2.45) is 5.92 Å². The molecule has 2 rings (SSSR count). The molecular weight excluding hydrogens is 164 g/mol. The predicted octanol–water partition coefficient (Wildman–Crippen LogP) is 0.317. The van der Waals surface area contributed by atoms with Crippen LogP contribution in [0.25, 0.3) is 0 Å². The van der Waals surface area contributed by atoms with Crippen molar-refractivity contribution in [3.05, 3.63) is 0 Å². The first-order valence-corrected chi connectivity index (χ1v) is 5.37. The molecule has 0 aromatic heterocycles. The monoisotopic (exact) mass is 184 g/mol. The Labute approximate surface area is 80.4 Å². The van der Waals surface area contributed by atoms with Gasteiger partial charge in [-0.15, -0.1) is 0 Å². The zero-order valence-corrected chi connectivity index (χ0v) is 8.46. The van der Waals surface area contributed by atoms with E-state index in [9.17, 15) is 0 Å². The molecule has 1 atom stereocenters. The average molecular weight is 184 g/mol. The molecule has 2 fully saturated rings. The van der Waals surface area contributed by atoms with Crippen LogP contribution in [0, 0.1) is 5.92 Å². The molecule has 0 spiro atoms. The summed E-state index contributed by atoms with van der Waals surface area (Å²) in [6, 6.07) is 0.720. The smallest absolute Gasteiger partial charge is 0.0594 e. The van der Waals surface area contributed by atoms with Gasteiger partial charge in [0.2, 0.25) is 0 Å². The molecule has 76 valence electrons. The molecule has 0 aromatic rings. The van der Waals surface area contributed by atoms with Gasteiger partial charge >= 0.3 is 0 Å². The van der Waals surface area contributed by atoms with Crippen LogP contribution in [-0.4, -0.2) is 50.8 Å². The van der Waals surface area contributed by atoms with Crippen molar-refractivity contribution in [1.82, 2.24) is 10.2 Å². The molecule has 0 radical (unpaired) electrons. The molecule has 1 saturated carbocycles. The third kappa shape index (κ3) is 2.66. The number of nitrogens with zero attached hydrogens (tertiary/aromatic N) is 1. The summed E-state index contributed by atoms with van der Waals surface area (Å²) in [6.07, 6.45) is 2.85. The van der Waals surface area contributed by atoms with E-state index in [1.807, 2.05) is 0 Å². The highest BCUT2D eigenvalue weighted by molar-refractivity contribution is 4.87. The molecule has 0 amide bonds. The van der Waals surface area contributed by atoms with Gasteiger partial charge < -0.3 is 10.1 Å². The summed E-state index contributed by atoms with van der Waals surface area (Å²) in [7, 11) is 2.09. The number of ether oxygens (including phenoxy) is 1. The molecule has 1 aliphatic carbocycles. The third-order valence-electron chi connectivity index (χ3n) is 3.12. The van der Waals surface area contributed by atoms with Gasteiger partial charge in [-0.1, -0.05) is 0 Å². The van der Waals surface area contributed by atoms with E-state index in [2.05, 4.69) is 17.3 Å². The van der Waals surface area contributed by atoms with Crippen LogP contribution in [0.15, 0.2) is 0 Å².